The van der Waals surface area contributed by atoms with Gasteiger partial charge in [-0.15, -0.1) is 0 Å². The molecular weight excluding hydrogens is 528 g/mol. The maximum atomic E-state index is 12.6. The van der Waals surface area contributed by atoms with E-state index in [0.717, 1.165) is 35.2 Å². The van der Waals surface area contributed by atoms with Crippen molar-refractivity contribution in [3.05, 3.63) is 88.4 Å². The molecule has 9 heteroatoms. The summed E-state index contributed by atoms with van der Waals surface area (Å²) in [5.41, 5.74) is 4.80. The van der Waals surface area contributed by atoms with Crippen LogP contribution in [0.2, 0.25) is 5.02 Å². The van der Waals surface area contributed by atoms with Crippen molar-refractivity contribution in [2.45, 2.75) is 25.7 Å². The first-order chi connectivity index (χ1) is 19.1. The van der Waals surface area contributed by atoms with Gasteiger partial charge in [0.15, 0.2) is 5.88 Å². The minimum absolute atomic E-state index is 0.0364. The highest BCUT2D eigenvalue weighted by Crippen LogP contribution is 2.33. The third kappa shape index (κ3) is 7.08. The molecule has 8 nitrogen and oxygen atoms in total. The number of aromatic hydroxyl groups is 1. The topological polar surface area (TPSA) is 109 Å². The average Bonchev–Trinajstić information content (AvgIpc) is 3.25. The number of aromatic amines is 1. The van der Waals surface area contributed by atoms with E-state index in [-0.39, 0.29) is 18.2 Å². The van der Waals surface area contributed by atoms with Gasteiger partial charge in [0, 0.05) is 41.5 Å². The molecule has 4 aromatic rings. The molecule has 0 spiro atoms. The van der Waals surface area contributed by atoms with Gasteiger partial charge in [-0.1, -0.05) is 41.9 Å². The van der Waals surface area contributed by atoms with Crippen molar-refractivity contribution in [1.29, 1.82) is 0 Å². The number of anilines is 1. The van der Waals surface area contributed by atoms with Crippen LogP contribution in [0, 0.1) is 0 Å². The van der Waals surface area contributed by atoms with E-state index in [1.807, 2.05) is 68.7 Å². The minimum atomic E-state index is -0.849. The third-order valence-corrected chi connectivity index (χ3v) is 6.92. The number of aliphatic carboxylic acids is 1. The van der Waals surface area contributed by atoms with E-state index in [1.54, 1.807) is 24.1 Å². The molecule has 40 heavy (non-hydrogen) atoms. The number of aliphatic imine (C=N–C) groups is 1. The van der Waals surface area contributed by atoms with E-state index in [2.05, 4.69) is 9.88 Å². The number of aromatic nitrogens is 1. The summed E-state index contributed by atoms with van der Waals surface area (Å²) in [4.78, 5) is 35.2. The van der Waals surface area contributed by atoms with Crippen molar-refractivity contribution < 1.29 is 19.8 Å². The molecule has 208 valence electrons. The summed E-state index contributed by atoms with van der Waals surface area (Å²) in [6.45, 7) is 0.851. The van der Waals surface area contributed by atoms with E-state index in [0.29, 0.717) is 40.3 Å². The fourth-order valence-corrected chi connectivity index (χ4v) is 4.65. The molecule has 3 N–H and O–H groups in total. The van der Waals surface area contributed by atoms with Crippen LogP contribution in [0.1, 0.15) is 36.0 Å². The highest BCUT2D eigenvalue weighted by Gasteiger charge is 2.19. The summed E-state index contributed by atoms with van der Waals surface area (Å²) < 4.78 is 0. The Labute approximate surface area is 238 Å². The van der Waals surface area contributed by atoms with Gasteiger partial charge < -0.3 is 25.0 Å². The molecule has 0 unspecified atom stereocenters. The van der Waals surface area contributed by atoms with Crippen LogP contribution in [0.3, 0.4) is 0 Å². The van der Waals surface area contributed by atoms with Gasteiger partial charge in [0.1, 0.15) is 0 Å². The summed E-state index contributed by atoms with van der Waals surface area (Å²) >= 11 is 6.18. The Morgan fingerprint density at radius 3 is 2.30 bits per heavy atom. The van der Waals surface area contributed by atoms with Crippen molar-refractivity contribution in [1.82, 2.24) is 9.88 Å². The number of carboxylic acid groups (broad SMARTS) is 1. The number of carboxylic acids is 1. The van der Waals surface area contributed by atoms with Gasteiger partial charge in [-0.05, 0) is 75.4 Å². The second kappa shape index (κ2) is 12.8. The van der Waals surface area contributed by atoms with Gasteiger partial charge in [0.25, 0.3) is 0 Å². The number of hydrogen-bond donors (Lipinski definition) is 3. The van der Waals surface area contributed by atoms with Crippen LogP contribution in [0.15, 0.2) is 71.7 Å². The molecule has 0 aliphatic heterocycles. The molecule has 1 aromatic heterocycles. The molecule has 0 saturated heterocycles. The minimum Gasteiger partial charge on any atom is -0.494 e. The zero-order valence-electron chi connectivity index (χ0n) is 22.8. The SMILES string of the molecule is CN(C)CCCC(=O)N(C)c1ccc(N=C(c2ccc(CCC(=O)O)cc2)c2c(O)[nH]c3cc(Cl)ccc23)cc1. The number of H-pyrrole nitrogens is 1. The number of carbonyl (C=O) groups excluding carboxylic acids is 1. The van der Waals surface area contributed by atoms with Crippen LogP contribution in [0.25, 0.3) is 10.9 Å². The van der Waals surface area contributed by atoms with E-state index >= 15 is 0 Å². The molecule has 3 aromatic carbocycles. The molecule has 0 atom stereocenters. The Bertz CT molecular complexity index is 1530. The lowest BCUT2D eigenvalue weighted by molar-refractivity contribution is -0.137. The number of halogens is 1. The van der Waals surface area contributed by atoms with Crippen molar-refractivity contribution >= 4 is 51.5 Å². The molecule has 0 radical (unpaired) electrons. The van der Waals surface area contributed by atoms with Crippen LogP contribution in [0.5, 0.6) is 5.88 Å². The van der Waals surface area contributed by atoms with Crippen LogP contribution in [-0.4, -0.2) is 65.4 Å². The number of amides is 1. The number of carbonyl (C=O) groups is 2. The lowest BCUT2D eigenvalue weighted by Gasteiger charge is -2.18. The molecule has 0 fully saturated rings. The zero-order chi connectivity index (χ0) is 28.8. The Morgan fingerprint density at radius 1 is 0.950 bits per heavy atom. The highest BCUT2D eigenvalue weighted by atomic mass is 35.5. The first-order valence-electron chi connectivity index (χ1n) is 13.0. The number of benzene rings is 3. The van der Waals surface area contributed by atoms with Gasteiger partial charge in [-0.25, -0.2) is 4.99 Å². The lowest BCUT2D eigenvalue weighted by atomic mass is 9.98. The van der Waals surface area contributed by atoms with Crippen LogP contribution < -0.4 is 4.90 Å². The summed E-state index contributed by atoms with van der Waals surface area (Å²) in [5, 5.41) is 21.2. The molecule has 0 bridgehead atoms. The average molecular weight is 561 g/mol. The Kier molecular flexibility index (Phi) is 9.24. The van der Waals surface area contributed by atoms with Gasteiger partial charge in [0.05, 0.1) is 22.5 Å². The molecule has 1 amide bonds. The van der Waals surface area contributed by atoms with E-state index in [9.17, 15) is 14.7 Å². The van der Waals surface area contributed by atoms with Crippen LogP contribution in [0.4, 0.5) is 11.4 Å². The summed E-state index contributed by atoms with van der Waals surface area (Å²) in [5.74, 6) is -0.840. The summed E-state index contributed by atoms with van der Waals surface area (Å²) in [7, 11) is 5.74. The number of nitrogens with one attached hydrogen (secondary N) is 1. The molecule has 0 saturated carbocycles. The molecule has 1 heterocycles. The number of fused-ring (bicyclic) bond motifs is 1. The maximum absolute atomic E-state index is 12.6. The second-order valence-corrected chi connectivity index (χ2v) is 10.4. The fourth-order valence-electron chi connectivity index (χ4n) is 4.48. The third-order valence-electron chi connectivity index (χ3n) is 6.68. The Morgan fingerprint density at radius 2 is 1.65 bits per heavy atom. The van der Waals surface area contributed by atoms with E-state index < -0.39 is 5.97 Å². The van der Waals surface area contributed by atoms with Crippen LogP contribution in [-0.2, 0) is 16.0 Å². The van der Waals surface area contributed by atoms with Gasteiger partial charge in [-0.2, -0.15) is 0 Å². The number of rotatable bonds is 11. The van der Waals surface area contributed by atoms with E-state index in [1.165, 1.54) is 0 Å². The van der Waals surface area contributed by atoms with Crippen molar-refractivity contribution in [3.8, 4) is 5.88 Å². The van der Waals surface area contributed by atoms with Crippen LogP contribution >= 0.6 is 11.6 Å². The van der Waals surface area contributed by atoms with E-state index in [4.69, 9.17) is 21.7 Å². The van der Waals surface area contributed by atoms with Crippen molar-refractivity contribution in [2.75, 3.05) is 32.6 Å². The second-order valence-electron chi connectivity index (χ2n) is 9.97. The maximum Gasteiger partial charge on any atom is 0.303 e. The highest BCUT2D eigenvalue weighted by molar-refractivity contribution is 6.31. The quantitative estimate of drug-likeness (QED) is 0.194. The predicted molar refractivity (Wildman–Crippen MR) is 160 cm³/mol. The Hall–Kier alpha value is -4.14. The predicted octanol–water partition coefficient (Wildman–Crippen LogP) is 6.02. The number of nitrogens with zero attached hydrogens (tertiary/aromatic N) is 3. The van der Waals surface area contributed by atoms with Crippen molar-refractivity contribution in [2.24, 2.45) is 4.99 Å². The lowest BCUT2D eigenvalue weighted by Crippen LogP contribution is -2.27. The standard InChI is InChI=1S/C31H33ClN4O4/c1-35(2)18-4-5-27(37)36(3)24-14-12-23(13-15-24)33-30(21-9-6-20(7-10-21)8-17-28(38)39)29-25-16-11-22(32)19-26(25)34-31(29)40/h6-7,9-16,19,34,40H,4-5,8,17-18H2,1-3H3,(H,38,39). The molecule has 4 rings (SSSR count). The monoisotopic (exact) mass is 560 g/mol. The zero-order valence-corrected chi connectivity index (χ0v) is 23.6. The fraction of sp³-hybridized carbons (Fsp3) is 0.258. The summed E-state index contributed by atoms with van der Waals surface area (Å²) in [6.07, 6.45) is 1.71. The van der Waals surface area contributed by atoms with Crippen molar-refractivity contribution in [3.63, 3.8) is 0 Å². The first kappa shape index (κ1) is 28.9. The largest absolute Gasteiger partial charge is 0.494 e. The molecule has 0 aliphatic rings. The van der Waals surface area contributed by atoms with Gasteiger partial charge >= 0.3 is 5.97 Å². The summed E-state index contributed by atoms with van der Waals surface area (Å²) in [6, 6.07) is 20.2. The first-order valence-corrected chi connectivity index (χ1v) is 13.4. The molecular formula is C31H33ClN4O4. The van der Waals surface area contributed by atoms with Gasteiger partial charge in [-0.3, -0.25) is 9.59 Å². The number of hydrogen-bond acceptors (Lipinski definition) is 5. The van der Waals surface area contributed by atoms with Gasteiger partial charge in [0.2, 0.25) is 5.91 Å². The Balaban J connectivity index is 1.68. The smallest absolute Gasteiger partial charge is 0.303 e. The molecule has 0 aliphatic carbocycles. The number of aryl methyl sites for hydroxylation is 1. The normalized spacial score (nSPS) is 11.8.